The largest absolute Gasteiger partial charge is 0.481 e. The van der Waals surface area contributed by atoms with E-state index in [9.17, 15) is 18.0 Å². The Kier molecular flexibility index (Phi) is 6.21. The van der Waals surface area contributed by atoms with Crippen LogP contribution < -0.4 is 0 Å². The van der Waals surface area contributed by atoms with E-state index < -0.39 is 27.2 Å². The molecular weight excluding hydrogens is 344 g/mol. The van der Waals surface area contributed by atoms with Gasteiger partial charge in [0.15, 0.2) is 9.84 Å². The number of carbonyl (C=O) groups is 2. The summed E-state index contributed by atoms with van der Waals surface area (Å²) >= 11 is 0. The second-order valence-corrected chi connectivity index (χ2v) is 8.87. The number of aliphatic carboxylic acids is 1. The molecule has 0 bridgehead atoms. The number of carboxylic acid groups (broad SMARTS) is 1. The minimum Gasteiger partial charge on any atom is -0.481 e. The molecular formula is C18H24O6S. The third kappa shape index (κ3) is 5.56. The lowest BCUT2D eigenvalue weighted by Gasteiger charge is -2.22. The van der Waals surface area contributed by atoms with Gasteiger partial charge >= 0.3 is 11.9 Å². The predicted octanol–water partition coefficient (Wildman–Crippen LogP) is 2.55. The maximum Gasteiger partial charge on any atom is 0.310 e. The maximum atomic E-state index is 12.8. The number of esters is 1. The first-order valence-electron chi connectivity index (χ1n) is 8.41. The second-order valence-electron chi connectivity index (χ2n) is 6.79. The lowest BCUT2D eigenvalue weighted by molar-refractivity contribution is -0.148. The van der Waals surface area contributed by atoms with Crippen molar-refractivity contribution in [1.82, 2.24) is 0 Å². The van der Waals surface area contributed by atoms with Crippen LogP contribution in [0.5, 0.6) is 0 Å². The van der Waals surface area contributed by atoms with Gasteiger partial charge in [0.2, 0.25) is 5.44 Å². The molecule has 1 aromatic carbocycles. The molecule has 1 unspecified atom stereocenters. The van der Waals surface area contributed by atoms with Crippen LogP contribution in [0.15, 0.2) is 24.3 Å². The van der Waals surface area contributed by atoms with E-state index in [0.29, 0.717) is 11.1 Å². The Labute approximate surface area is 148 Å². The third-order valence-electron chi connectivity index (χ3n) is 4.12. The normalized spacial score (nSPS) is 15.8. The minimum atomic E-state index is -3.73. The number of hydrogen-bond donors (Lipinski definition) is 1. The SMILES string of the molecule is CC(C)C(OC(=O)C1CC1)S(=O)(=O)Cc1ccccc1CCC(=O)O. The maximum absolute atomic E-state index is 12.8. The monoisotopic (exact) mass is 368 g/mol. The van der Waals surface area contributed by atoms with Gasteiger partial charge in [0.25, 0.3) is 0 Å². The fourth-order valence-corrected chi connectivity index (χ4v) is 4.59. The Hall–Kier alpha value is -1.89. The van der Waals surface area contributed by atoms with Crippen molar-refractivity contribution in [3.05, 3.63) is 35.4 Å². The highest BCUT2D eigenvalue weighted by Crippen LogP contribution is 2.32. The summed E-state index contributed by atoms with van der Waals surface area (Å²) in [4.78, 5) is 22.7. The molecule has 0 amide bonds. The van der Waals surface area contributed by atoms with Crippen molar-refractivity contribution in [1.29, 1.82) is 0 Å². The molecule has 6 nitrogen and oxygen atoms in total. The summed E-state index contributed by atoms with van der Waals surface area (Å²) < 4.78 is 30.9. The predicted molar refractivity (Wildman–Crippen MR) is 92.5 cm³/mol. The summed E-state index contributed by atoms with van der Waals surface area (Å²) in [7, 11) is -3.73. The van der Waals surface area contributed by atoms with E-state index in [4.69, 9.17) is 9.84 Å². The van der Waals surface area contributed by atoms with Crippen molar-refractivity contribution in [3.8, 4) is 0 Å². The van der Waals surface area contributed by atoms with Crippen LogP contribution in [0, 0.1) is 11.8 Å². The van der Waals surface area contributed by atoms with Crippen LogP contribution in [0.3, 0.4) is 0 Å². The topological polar surface area (TPSA) is 97.7 Å². The highest BCUT2D eigenvalue weighted by molar-refractivity contribution is 7.91. The van der Waals surface area contributed by atoms with Gasteiger partial charge in [-0.3, -0.25) is 9.59 Å². The number of sulfone groups is 1. The van der Waals surface area contributed by atoms with Gasteiger partial charge < -0.3 is 9.84 Å². The molecule has 25 heavy (non-hydrogen) atoms. The van der Waals surface area contributed by atoms with Crippen LogP contribution in [0.25, 0.3) is 0 Å². The van der Waals surface area contributed by atoms with Crippen molar-refractivity contribution in [2.75, 3.05) is 0 Å². The van der Waals surface area contributed by atoms with Gasteiger partial charge in [-0.05, 0) is 30.4 Å². The molecule has 2 rings (SSSR count). The highest BCUT2D eigenvalue weighted by Gasteiger charge is 2.38. The Morgan fingerprint density at radius 3 is 2.32 bits per heavy atom. The first-order chi connectivity index (χ1) is 11.7. The quantitative estimate of drug-likeness (QED) is 0.673. The molecule has 0 aromatic heterocycles. The van der Waals surface area contributed by atoms with Gasteiger partial charge in [0, 0.05) is 12.3 Å². The van der Waals surface area contributed by atoms with Gasteiger partial charge in [-0.25, -0.2) is 8.42 Å². The Balaban J connectivity index is 2.17. The molecule has 0 spiro atoms. The zero-order chi connectivity index (χ0) is 18.6. The van der Waals surface area contributed by atoms with E-state index in [-0.39, 0.29) is 30.4 Å². The summed E-state index contributed by atoms with van der Waals surface area (Å²) in [6.45, 7) is 3.41. The zero-order valence-electron chi connectivity index (χ0n) is 14.5. The molecule has 7 heteroatoms. The van der Waals surface area contributed by atoms with Crippen molar-refractivity contribution in [2.24, 2.45) is 11.8 Å². The molecule has 1 aliphatic carbocycles. The average molecular weight is 368 g/mol. The van der Waals surface area contributed by atoms with Gasteiger partial charge in [-0.1, -0.05) is 38.1 Å². The van der Waals surface area contributed by atoms with Crippen LogP contribution in [-0.2, 0) is 36.3 Å². The fourth-order valence-electron chi connectivity index (χ4n) is 2.64. The molecule has 1 fully saturated rings. The lowest BCUT2D eigenvalue weighted by Crippen LogP contribution is -2.34. The highest BCUT2D eigenvalue weighted by atomic mass is 32.2. The van der Waals surface area contributed by atoms with Crippen molar-refractivity contribution >= 4 is 21.8 Å². The molecule has 0 saturated heterocycles. The van der Waals surface area contributed by atoms with Crippen LogP contribution in [0.1, 0.15) is 44.2 Å². The van der Waals surface area contributed by atoms with Crippen LogP contribution in [-0.4, -0.2) is 30.9 Å². The molecule has 0 aliphatic heterocycles. The average Bonchev–Trinajstić information content (AvgIpc) is 3.35. The molecule has 1 atom stereocenters. The summed E-state index contributed by atoms with van der Waals surface area (Å²) in [5.41, 5.74) is 0.0505. The van der Waals surface area contributed by atoms with E-state index in [2.05, 4.69) is 0 Å². The van der Waals surface area contributed by atoms with E-state index in [1.165, 1.54) is 0 Å². The van der Waals surface area contributed by atoms with Crippen LogP contribution in [0.4, 0.5) is 0 Å². The summed E-state index contributed by atoms with van der Waals surface area (Å²) in [6.07, 6.45) is 1.69. The number of rotatable bonds is 9. The van der Waals surface area contributed by atoms with E-state index in [1.54, 1.807) is 38.1 Å². The Morgan fingerprint density at radius 2 is 1.80 bits per heavy atom. The summed E-state index contributed by atoms with van der Waals surface area (Å²) in [5, 5.41) is 8.84. The Morgan fingerprint density at radius 1 is 1.20 bits per heavy atom. The van der Waals surface area contributed by atoms with Crippen LogP contribution >= 0.6 is 0 Å². The smallest absolute Gasteiger partial charge is 0.310 e. The zero-order valence-corrected chi connectivity index (χ0v) is 15.3. The van der Waals surface area contributed by atoms with E-state index in [1.807, 2.05) is 0 Å². The molecule has 138 valence electrons. The van der Waals surface area contributed by atoms with Crippen molar-refractivity contribution in [3.63, 3.8) is 0 Å². The second kappa shape index (κ2) is 7.99. The van der Waals surface area contributed by atoms with Crippen LogP contribution in [0.2, 0.25) is 0 Å². The van der Waals surface area contributed by atoms with E-state index in [0.717, 1.165) is 12.8 Å². The number of aryl methyl sites for hydroxylation is 1. The number of hydrogen-bond acceptors (Lipinski definition) is 5. The first kappa shape index (κ1) is 19.4. The van der Waals surface area contributed by atoms with Crippen molar-refractivity contribution in [2.45, 2.75) is 50.7 Å². The van der Waals surface area contributed by atoms with Gasteiger partial charge in [-0.15, -0.1) is 0 Å². The number of ether oxygens (including phenoxy) is 1. The standard InChI is InChI=1S/C18H24O6S/c1-12(2)18(24-17(21)14-7-8-14)25(22,23)11-15-6-4-3-5-13(15)9-10-16(19)20/h3-6,12,14,18H,7-11H2,1-2H3,(H,19,20). The lowest BCUT2D eigenvalue weighted by atomic mass is 10.0. The fraction of sp³-hybridized carbons (Fsp3) is 0.556. The number of carboxylic acids is 1. The van der Waals surface area contributed by atoms with Gasteiger partial charge in [0.1, 0.15) is 0 Å². The first-order valence-corrected chi connectivity index (χ1v) is 10.1. The minimum absolute atomic E-state index is 0.0681. The number of benzene rings is 1. The number of carbonyl (C=O) groups excluding carboxylic acids is 1. The Bertz CT molecular complexity index is 734. The molecule has 0 heterocycles. The van der Waals surface area contributed by atoms with E-state index >= 15 is 0 Å². The van der Waals surface area contributed by atoms with Gasteiger partial charge in [-0.2, -0.15) is 0 Å². The summed E-state index contributed by atoms with van der Waals surface area (Å²) in [5.74, 6) is -2.18. The molecule has 1 aromatic rings. The molecule has 1 N–H and O–H groups in total. The van der Waals surface area contributed by atoms with Crippen molar-refractivity contribution < 1.29 is 27.9 Å². The molecule has 0 radical (unpaired) electrons. The van der Waals surface area contributed by atoms with Gasteiger partial charge in [0.05, 0.1) is 11.7 Å². The third-order valence-corrected chi connectivity index (χ3v) is 6.19. The summed E-state index contributed by atoms with van der Waals surface area (Å²) in [6, 6.07) is 6.87. The molecule has 1 aliphatic rings. The molecule has 1 saturated carbocycles.